The number of nitriles is 1. The van der Waals surface area contributed by atoms with Crippen LogP contribution >= 0.6 is 0 Å². The molecule has 1 aromatic carbocycles. The highest BCUT2D eigenvalue weighted by Gasteiger charge is 2.61. The number of alkyl halides is 2. The maximum Gasteiger partial charge on any atom is 0.448 e. The van der Waals surface area contributed by atoms with Crippen LogP contribution in [0.3, 0.4) is 0 Å². The van der Waals surface area contributed by atoms with Gasteiger partial charge in [0, 0.05) is 12.6 Å². The monoisotopic (exact) mass is 471 g/mol. The number of halogens is 2. The number of amides is 1. The number of carbonyl (C=O) groups excluding carboxylic acids is 1. The predicted molar refractivity (Wildman–Crippen MR) is 111 cm³/mol. The van der Waals surface area contributed by atoms with Crippen molar-refractivity contribution in [2.24, 2.45) is 10.8 Å². The fraction of sp³-hybridized carbons (Fsp3) is 0.619. The summed E-state index contributed by atoms with van der Waals surface area (Å²) in [6, 6.07) is 5.83. The van der Waals surface area contributed by atoms with E-state index in [0.717, 1.165) is 11.3 Å². The highest BCUT2D eigenvalue weighted by atomic mass is 32.2. The van der Waals surface area contributed by atoms with Crippen LogP contribution in [0.15, 0.2) is 24.3 Å². The Hall–Kier alpha value is -2.29. The first kappa shape index (κ1) is 24.4. The van der Waals surface area contributed by atoms with E-state index >= 15 is 0 Å². The van der Waals surface area contributed by atoms with Crippen LogP contribution in [0.4, 0.5) is 8.78 Å². The quantitative estimate of drug-likeness (QED) is 0.609. The summed E-state index contributed by atoms with van der Waals surface area (Å²) in [6.45, 7) is 6.00. The van der Waals surface area contributed by atoms with E-state index in [2.05, 4.69) is 4.28 Å². The second-order valence-electron chi connectivity index (χ2n) is 9.65. The second-order valence-corrected chi connectivity index (χ2v) is 11.2. The minimum absolute atomic E-state index is 0.0607. The zero-order valence-corrected chi connectivity index (χ0v) is 19.2. The molecule has 1 aromatic rings. The number of carbonyl (C=O) groups is 1. The molecule has 1 aliphatic heterocycles. The molecular weight excluding hydrogens is 444 g/mol. The molecule has 2 fully saturated rings. The predicted octanol–water partition coefficient (Wildman–Crippen LogP) is 3.13. The Balaban J connectivity index is 1.73. The van der Waals surface area contributed by atoms with Gasteiger partial charge in [0.05, 0.1) is 13.2 Å². The largest absolute Gasteiger partial charge is 0.497 e. The third kappa shape index (κ3) is 4.58. The van der Waals surface area contributed by atoms with Crippen LogP contribution < -0.4 is 10.2 Å². The van der Waals surface area contributed by atoms with Gasteiger partial charge in [0.15, 0.2) is 0 Å². The van der Waals surface area contributed by atoms with Gasteiger partial charge in [-0.25, -0.2) is 0 Å². The van der Waals surface area contributed by atoms with Gasteiger partial charge in [0.1, 0.15) is 11.8 Å². The number of likely N-dealkylation sites (tertiary alicyclic amines) is 1. The van der Waals surface area contributed by atoms with Crippen LogP contribution in [-0.4, -0.2) is 44.2 Å². The molecule has 1 saturated carbocycles. The molecule has 3 unspecified atom stereocenters. The first-order valence-electron chi connectivity index (χ1n) is 10.1. The lowest BCUT2D eigenvalue weighted by Gasteiger charge is -2.39. The van der Waals surface area contributed by atoms with E-state index in [9.17, 15) is 27.3 Å². The molecule has 11 heteroatoms. The molecule has 1 saturated heterocycles. The SMILES string of the molecule is COc1ccc(C(C#N)NOS(=O)(=O)C(F)(F)C(=O)N2CC3(C)CC2CC(C)(C)C3)cc1. The lowest BCUT2D eigenvalue weighted by atomic mass is 9.65. The van der Waals surface area contributed by atoms with Crippen molar-refractivity contribution in [1.29, 1.82) is 5.26 Å². The van der Waals surface area contributed by atoms with E-state index in [1.165, 1.54) is 31.4 Å². The lowest BCUT2D eigenvalue weighted by molar-refractivity contribution is -0.149. The van der Waals surface area contributed by atoms with Crippen molar-refractivity contribution >= 4 is 16.0 Å². The average molecular weight is 472 g/mol. The zero-order valence-electron chi connectivity index (χ0n) is 18.4. The smallest absolute Gasteiger partial charge is 0.448 e. The maximum absolute atomic E-state index is 14.8. The third-order valence-electron chi connectivity index (χ3n) is 6.09. The summed E-state index contributed by atoms with van der Waals surface area (Å²) in [5.41, 5.74) is 1.62. The Morgan fingerprint density at radius 1 is 1.28 bits per heavy atom. The minimum atomic E-state index is -5.71. The van der Waals surface area contributed by atoms with E-state index in [1.807, 2.05) is 26.3 Å². The fourth-order valence-electron chi connectivity index (χ4n) is 5.10. The molecule has 0 aromatic heterocycles. The number of rotatable bonds is 7. The number of nitrogens with zero attached hydrogens (tertiary/aromatic N) is 2. The molecular formula is C21H27F2N3O5S. The summed E-state index contributed by atoms with van der Waals surface area (Å²) in [5.74, 6) is -1.31. The van der Waals surface area contributed by atoms with Crippen molar-refractivity contribution in [3.63, 3.8) is 0 Å². The summed E-state index contributed by atoms with van der Waals surface area (Å²) >= 11 is 0. The number of hydroxylamine groups is 1. The van der Waals surface area contributed by atoms with Gasteiger partial charge < -0.3 is 9.64 Å². The summed E-state index contributed by atoms with van der Waals surface area (Å²) in [5, 5.41) is 4.48. The van der Waals surface area contributed by atoms with Crippen LogP contribution in [0.5, 0.6) is 5.75 Å². The summed E-state index contributed by atoms with van der Waals surface area (Å²) in [6.07, 6.45) is 1.81. The highest BCUT2D eigenvalue weighted by Crippen LogP contribution is 2.53. The Kier molecular flexibility index (Phi) is 6.27. The van der Waals surface area contributed by atoms with Gasteiger partial charge in [-0.2, -0.15) is 32.2 Å². The lowest BCUT2D eigenvalue weighted by Crippen LogP contribution is -2.51. The van der Waals surface area contributed by atoms with Gasteiger partial charge in [-0.15, -0.1) is 0 Å². The summed E-state index contributed by atoms with van der Waals surface area (Å²) in [4.78, 5) is 13.6. The van der Waals surface area contributed by atoms with E-state index in [0.29, 0.717) is 18.6 Å². The van der Waals surface area contributed by atoms with Crippen molar-refractivity contribution in [1.82, 2.24) is 10.4 Å². The molecule has 176 valence electrons. The highest BCUT2D eigenvalue weighted by molar-refractivity contribution is 7.88. The van der Waals surface area contributed by atoms with Crippen molar-refractivity contribution in [3.05, 3.63) is 29.8 Å². The van der Waals surface area contributed by atoms with Gasteiger partial charge in [-0.3, -0.25) is 4.79 Å². The summed E-state index contributed by atoms with van der Waals surface area (Å²) in [7, 11) is -4.27. The molecule has 0 radical (unpaired) electrons. The number of methoxy groups -OCH3 is 1. The molecule has 1 N–H and O–H groups in total. The van der Waals surface area contributed by atoms with Crippen LogP contribution in [0.25, 0.3) is 0 Å². The first-order chi connectivity index (χ1) is 14.7. The topological polar surface area (TPSA) is 109 Å². The van der Waals surface area contributed by atoms with Crippen molar-refractivity contribution in [2.75, 3.05) is 13.7 Å². The molecule has 2 aliphatic rings. The van der Waals surface area contributed by atoms with Crippen molar-refractivity contribution in [2.45, 2.75) is 57.4 Å². The molecule has 1 amide bonds. The van der Waals surface area contributed by atoms with E-state index in [-0.39, 0.29) is 22.9 Å². The number of fused-ring (bicyclic) bond motifs is 2. The molecule has 0 spiro atoms. The molecule has 2 bridgehead atoms. The van der Waals surface area contributed by atoms with Gasteiger partial charge in [-0.05, 0) is 47.8 Å². The standard InChI is InChI=1S/C21H27F2N3O5S/c1-19(2)9-15-10-20(3,12-19)13-26(15)18(27)21(22,23)32(28,29)31-25-17(11-24)14-5-7-16(30-4)8-6-14/h5-8,15,17,25H,9-10,12-13H2,1-4H3. The first-order valence-corrected chi connectivity index (χ1v) is 11.6. The fourth-order valence-corrected chi connectivity index (χ4v) is 5.76. The van der Waals surface area contributed by atoms with Crippen LogP contribution in [0.2, 0.25) is 0 Å². The van der Waals surface area contributed by atoms with Gasteiger partial charge in [0.2, 0.25) is 0 Å². The third-order valence-corrected chi connectivity index (χ3v) is 7.21. The van der Waals surface area contributed by atoms with Gasteiger partial charge >= 0.3 is 21.3 Å². The van der Waals surface area contributed by atoms with Crippen LogP contribution in [0, 0.1) is 22.2 Å². The normalized spacial score (nSPS) is 25.8. The zero-order chi connectivity index (χ0) is 23.9. The number of ether oxygens (including phenoxy) is 1. The molecule has 3 rings (SSSR count). The van der Waals surface area contributed by atoms with E-state index in [4.69, 9.17) is 4.74 Å². The Labute approximate surface area is 186 Å². The minimum Gasteiger partial charge on any atom is -0.497 e. The average Bonchev–Trinajstić information content (AvgIpc) is 2.96. The Bertz CT molecular complexity index is 1020. The molecule has 32 heavy (non-hydrogen) atoms. The van der Waals surface area contributed by atoms with Crippen molar-refractivity contribution in [3.8, 4) is 11.8 Å². The number of hydrogen-bond donors (Lipinski definition) is 1. The van der Waals surface area contributed by atoms with Crippen molar-refractivity contribution < 1.29 is 31.0 Å². The number of benzene rings is 1. The summed E-state index contributed by atoms with van der Waals surface area (Å²) < 4.78 is 63.5. The Morgan fingerprint density at radius 3 is 2.47 bits per heavy atom. The maximum atomic E-state index is 14.8. The van der Waals surface area contributed by atoms with Crippen LogP contribution in [0.1, 0.15) is 51.6 Å². The number of hydrogen-bond acceptors (Lipinski definition) is 7. The molecule has 8 nitrogen and oxygen atoms in total. The number of nitrogens with one attached hydrogen (secondary N) is 1. The Morgan fingerprint density at radius 2 is 1.91 bits per heavy atom. The van der Waals surface area contributed by atoms with E-state index in [1.54, 1.807) is 6.07 Å². The van der Waals surface area contributed by atoms with Crippen LogP contribution in [-0.2, 0) is 19.2 Å². The molecule has 1 heterocycles. The van der Waals surface area contributed by atoms with Gasteiger partial charge in [-0.1, -0.05) is 32.9 Å². The molecule has 1 aliphatic carbocycles. The second kappa shape index (κ2) is 8.24. The van der Waals surface area contributed by atoms with E-state index < -0.39 is 33.4 Å². The van der Waals surface area contributed by atoms with Gasteiger partial charge in [0.25, 0.3) is 0 Å². The molecule has 3 atom stereocenters.